The topological polar surface area (TPSA) is 0 Å². The SMILES string of the molecule is Cc1ccc(C(Cl)Cc2ccc3ccccc3c2)cc1. The van der Waals surface area contributed by atoms with Crippen LogP contribution in [0.1, 0.15) is 22.1 Å². The fraction of sp³-hybridized carbons (Fsp3) is 0.158. The number of alkyl halides is 1. The smallest absolute Gasteiger partial charge is 0.0625 e. The zero-order chi connectivity index (χ0) is 13.9. The van der Waals surface area contributed by atoms with Gasteiger partial charge in [-0.25, -0.2) is 0 Å². The molecule has 0 radical (unpaired) electrons. The summed E-state index contributed by atoms with van der Waals surface area (Å²) < 4.78 is 0. The van der Waals surface area contributed by atoms with Crippen molar-refractivity contribution in [2.45, 2.75) is 18.7 Å². The third-order valence-corrected chi connectivity index (χ3v) is 4.07. The van der Waals surface area contributed by atoms with Crippen LogP contribution in [0.25, 0.3) is 10.8 Å². The van der Waals surface area contributed by atoms with Gasteiger partial charge in [0, 0.05) is 0 Å². The van der Waals surface area contributed by atoms with Crippen molar-refractivity contribution in [1.82, 2.24) is 0 Å². The van der Waals surface area contributed by atoms with E-state index in [4.69, 9.17) is 11.6 Å². The Bertz CT molecular complexity index is 713. The first-order valence-corrected chi connectivity index (χ1v) is 7.34. The Morgan fingerprint density at radius 1 is 0.850 bits per heavy atom. The van der Waals surface area contributed by atoms with Crippen LogP contribution >= 0.6 is 11.6 Å². The third-order valence-electron chi connectivity index (χ3n) is 3.67. The Labute approximate surface area is 125 Å². The van der Waals surface area contributed by atoms with Gasteiger partial charge in [-0.05, 0) is 35.2 Å². The molecule has 0 saturated heterocycles. The highest BCUT2D eigenvalue weighted by atomic mass is 35.5. The van der Waals surface area contributed by atoms with E-state index in [1.54, 1.807) is 0 Å². The van der Waals surface area contributed by atoms with Gasteiger partial charge in [-0.2, -0.15) is 0 Å². The molecule has 0 aliphatic carbocycles. The maximum atomic E-state index is 6.54. The molecule has 100 valence electrons. The van der Waals surface area contributed by atoms with E-state index in [9.17, 15) is 0 Å². The van der Waals surface area contributed by atoms with E-state index < -0.39 is 0 Å². The Morgan fingerprint density at radius 3 is 2.30 bits per heavy atom. The van der Waals surface area contributed by atoms with E-state index in [0.29, 0.717) is 0 Å². The summed E-state index contributed by atoms with van der Waals surface area (Å²) in [4.78, 5) is 0. The molecule has 3 rings (SSSR count). The molecule has 0 spiro atoms. The molecule has 0 heterocycles. The number of halogens is 1. The number of benzene rings is 3. The molecule has 3 aromatic rings. The highest BCUT2D eigenvalue weighted by Crippen LogP contribution is 2.26. The lowest BCUT2D eigenvalue weighted by Crippen LogP contribution is -1.96. The van der Waals surface area contributed by atoms with Crippen molar-refractivity contribution in [3.63, 3.8) is 0 Å². The van der Waals surface area contributed by atoms with E-state index in [-0.39, 0.29) is 5.38 Å². The Morgan fingerprint density at radius 2 is 1.55 bits per heavy atom. The highest BCUT2D eigenvalue weighted by molar-refractivity contribution is 6.20. The Balaban J connectivity index is 1.83. The lowest BCUT2D eigenvalue weighted by Gasteiger charge is -2.11. The van der Waals surface area contributed by atoms with Crippen LogP contribution in [-0.2, 0) is 6.42 Å². The molecule has 0 nitrogen and oxygen atoms in total. The number of hydrogen-bond donors (Lipinski definition) is 0. The van der Waals surface area contributed by atoms with Crippen LogP contribution in [0.15, 0.2) is 66.7 Å². The lowest BCUT2D eigenvalue weighted by molar-refractivity contribution is 0.921. The van der Waals surface area contributed by atoms with Crippen molar-refractivity contribution < 1.29 is 0 Å². The van der Waals surface area contributed by atoms with Crippen LogP contribution in [0, 0.1) is 6.92 Å². The maximum Gasteiger partial charge on any atom is 0.0625 e. The summed E-state index contributed by atoms with van der Waals surface area (Å²) >= 11 is 6.54. The normalized spacial score (nSPS) is 12.5. The van der Waals surface area contributed by atoms with Gasteiger partial charge in [0.2, 0.25) is 0 Å². The molecule has 0 bridgehead atoms. The number of hydrogen-bond acceptors (Lipinski definition) is 0. The van der Waals surface area contributed by atoms with Gasteiger partial charge >= 0.3 is 0 Å². The average molecular weight is 281 g/mol. The van der Waals surface area contributed by atoms with Crippen LogP contribution in [0.4, 0.5) is 0 Å². The first-order valence-electron chi connectivity index (χ1n) is 6.91. The molecule has 0 aliphatic rings. The van der Waals surface area contributed by atoms with Gasteiger partial charge in [0.25, 0.3) is 0 Å². The average Bonchev–Trinajstić information content (AvgIpc) is 2.48. The van der Waals surface area contributed by atoms with Gasteiger partial charge in [0.05, 0.1) is 5.38 Å². The van der Waals surface area contributed by atoms with Gasteiger partial charge in [0.15, 0.2) is 0 Å². The minimum absolute atomic E-state index is 0.0248. The second-order valence-electron chi connectivity index (χ2n) is 5.26. The van der Waals surface area contributed by atoms with Crippen molar-refractivity contribution in [3.05, 3.63) is 83.4 Å². The number of fused-ring (bicyclic) bond motifs is 1. The summed E-state index contributed by atoms with van der Waals surface area (Å²) in [6, 6.07) is 23.5. The van der Waals surface area contributed by atoms with E-state index in [1.807, 2.05) is 0 Å². The molecule has 0 aromatic heterocycles. The van der Waals surface area contributed by atoms with Crippen molar-refractivity contribution in [2.75, 3.05) is 0 Å². The third kappa shape index (κ3) is 2.86. The molecule has 0 saturated carbocycles. The van der Waals surface area contributed by atoms with E-state index in [1.165, 1.54) is 27.5 Å². The molecule has 0 fully saturated rings. The van der Waals surface area contributed by atoms with Crippen molar-refractivity contribution in [3.8, 4) is 0 Å². The summed E-state index contributed by atoms with van der Waals surface area (Å²) in [5.41, 5.74) is 3.73. The summed E-state index contributed by atoms with van der Waals surface area (Å²) in [6.07, 6.45) is 0.857. The van der Waals surface area contributed by atoms with Gasteiger partial charge in [-0.1, -0.05) is 72.3 Å². The number of aryl methyl sites for hydroxylation is 1. The monoisotopic (exact) mass is 280 g/mol. The van der Waals surface area contributed by atoms with E-state index in [0.717, 1.165) is 6.42 Å². The van der Waals surface area contributed by atoms with Crippen LogP contribution < -0.4 is 0 Å². The molecule has 1 unspecified atom stereocenters. The molecule has 1 heteroatoms. The zero-order valence-electron chi connectivity index (χ0n) is 11.5. The summed E-state index contributed by atoms with van der Waals surface area (Å²) in [5.74, 6) is 0. The summed E-state index contributed by atoms with van der Waals surface area (Å²) in [7, 11) is 0. The molecule has 3 aromatic carbocycles. The Hall–Kier alpha value is -1.79. The molecule has 0 aliphatic heterocycles. The molecule has 0 amide bonds. The van der Waals surface area contributed by atoms with Crippen LogP contribution in [0.5, 0.6) is 0 Å². The first kappa shape index (κ1) is 13.2. The van der Waals surface area contributed by atoms with Gasteiger partial charge in [-0.3, -0.25) is 0 Å². The quantitative estimate of drug-likeness (QED) is 0.542. The fourth-order valence-electron chi connectivity index (χ4n) is 2.47. The van der Waals surface area contributed by atoms with Crippen LogP contribution in [0.3, 0.4) is 0 Å². The highest BCUT2D eigenvalue weighted by Gasteiger charge is 2.09. The summed E-state index contributed by atoms with van der Waals surface area (Å²) in [6.45, 7) is 2.09. The fourth-order valence-corrected chi connectivity index (χ4v) is 2.79. The molecule has 0 N–H and O–H groups in total. The van der Waals surface area contributed by atoms with Crippen LogP contribution in [0.2, 0.25) is 0 Å². The lowest BCUT2D eigenvalue weighted by atomic mass is 10.0. The maximum absolute atomic E-state index is 6.54. The molecule has 20 heavy (non-hydrogen) atoms. The van der Waals surface area contributed by atoms with E-state index in [2.05, 4.69) is 73.7 Å². The molecular weight excluding hydrogens is 264 g/mol. The second-order valence-corrected chi connectivity index (χ2v) is 5.79. The van der Waals surface area contributed by atoms with Crippen molar-refractivity contribution >= 4 is 22.4 Å². The largest absolute Gasteiger partial charge is 0.117 e. The molecular formula is C19H17Cl. The summed E-state index contributed by atoms with van der Waals surface area (Å²) in [5, 5.41) is 2.58. The molecule has 1 atom stereocenters. The van der Waals surface area contributed by atoms with Gasteiger partial charge in [-0.15, -0.1) is 11.6 Å². The minimum atomic E-state index is 0.0248. The van der Waals surface area contributed by atoms with Crippen molar-refractivity contribution in [2.24, 2.45) is 0 Å². The predicted octanol–water partition coefficient (Wildman–Crippen LogP) is 5.67. The number of rotatable bonds is 3. The first-order chi connectivity index (χ1) is 9.72. The van der Waals surface area contributed by atoms with Crippen molar-refractivity contribution in [1.29, 1.82) is 0 Å². The van der Waals surface area contributed by atoms with Crippen LogP contribution in [-0.4, -0.2) is 0 Å². The van der Waals surface area contributed by atoms with Gasteiger partial charge < -0.3 is 0 Å². The zero-order valence-corrected chi connectivity index (χ0v) is 12.3. The second kappa shape index (κ2) is 5.68. The standard InChI is InChI=1S/C19H17Cl/c1-14-6-9-17(10-7-14)19(20)13-15-8-11-16-4-2-3-5-18(16)12-15/h2-12,19H,13H2,1H3. The van der Waals surface area contributed by atoms with E-state index >= 15 is 0 Å². The predicted molar refractivity (Wildman–Crippen MR) is 87.4 cm³/mol. The minimum Gasteiger partial charge on any atom is -0.117 e. The Kier molecular flexibility index (Phi) is 3.75. The van der Waals surface area contributed by atoms with Gasteiger partial charge in [0.1, 0.15) is 0 Å².